The Morgan fingerprint density at radius 2 is 1.88 bits per heavy atom. The minimum absolute atomic E-state index is 0.0218. The second-order valence-electron chi connectivity index (χ2n) is 9.27. The van der Waals surface area contributed by atoms with Gasteiger partial charge in [0.1, 0.15) is 6.61 Å². The van der Waals surface area contributed by atoms with Crippen molar-refractivity contribution in [3.63, 3.8) is 0 Å². The van der Waals surface area contributed by atoms with Crippen LogP contribution in [0.2, 0.25) is 0 Å². The number of hydrogen-bond donors (Lipinski definition) is 0. The van der Waals surface area contributed by atoms with Crippen molar-refractivity contribution in [2.75, 3.05) is 31.1 Å². The van der Waals surface area contributed by atoms with Crippen LogP contribution in [0, 0.1) is 6.92 Å². The van der Waals surface area contributed by atoms with E-state index in [2.05, 4.69) is 10.1 Å². The Bertz CT molecular complexity index is 1190. The molecule has 34 heavy (non-hydrogen) atoms. The molecule has 2 fully saturated rings. The molecule has 3 aromatic rings. The topological polar surface area (TPSA) is 80.6 Å². The number of anilines is 1. The highest BCUT2D eigenvalue weighted by molar-refractivity contribution is 5.95. The quantitative estimate of drug-likeness (QED) is 0.601. The standard InChI is InChI=1S/C26H29N5O3/c1-19-4-7-22(8-5-19)31-18-26(34-17-24(31)32)10-3-12-30(13-11-26)25(33)20-6-9-23(27-14-20)21-15-28-29(2)16-21/h4-9,14-16H,3,10-13,17-18H2,1-2H3/t26-/m1/s1. The van der Waals surface area contributed by atoms with Crippen LogP contribution in [0.1, 0.15) is 35.2 Å². The molecule has 0 bridgehead atoms. The van der Waals surface area contributed by atoms with Gasteiger partial charge in [0.05, 0.1) is 29.6 Å². The number of carbonyl (C=O) groups excluding carboxylic acids is 2. The summed E-state index contributed by atoms with van der Waals surface area (Å²) < 4.78 is 7.85. The summed E-state index contributed by atoms with van der Waals surface area (Å²) in [6.45, 7) is 3.86. The third kappa shape index (κ3) is 4.46. The summed E-state index contributed by atoms with van der Waals surface area (Å²) in [7, 11) is 1.86. The molecule has 1 spiro atoms. The van der Waals surface area contributed by atoms with E-state index in [0.29, 0.717) is 31.6 Å². The van der Waals surface area contributed by atoms with Crippen LogP contribution in [0.3, 0.4) is 0 Å². The monoisotopic (exact) mass is 459 g/mol. The lowest BCUT2D eigenvalue weighted by molar-refractivity contribution is -0.140. The number of nitrogens with zero attached hydrogens (tertiary/aromatic N) is 5. The Morgan fingerprint density at radius 3 is 2.59 bits per heavy atom. The molecule has 0 N–H and O–H groups in total. The Balaban J connectivity index is 1.27. The van der Waals surface area contributed by atoms with Gasteiger partial charge in [-0.15, -0.1) is 0 Å². The molecular weight excluding hydrogens is 430 g/mol. The smallest absolute Gasteiger partial charge is 0.255 e. The van der Waals surface area contributed by atoms with Gasteiger partial charge in [-0.1, -0.05) is 17.7 Å². The van der Waals surface area contributed by atoms with Crippen molar-refractivity contribution >= 4 is 17.5 Å². The van der Waals surface area contributed by atoms with Gasteiger partial charge in [-0.2, -0.15) is 5.10 Å². The number of hydrogen-bond acceptors (Lipinski definition) is 5. The molecule has 5 rings (SSSR count). The molecule has 2 aromatic heterocycles. The second-order valence-corrected chi connectivity index (χ2v) is 9.27. The average molecular weight is 460 g/mol. The van der Waals surface area contributed by atoms with Crippen LogP contribution in [-0.2, 0) is 16.6 Å². The zero-order valence-electron chi connectivity index (χ0n) is 19.6. The Labute approximate surface area is 199 Å². The summed E-state index contributed by atoms with van der Waals surface area (Å²) in [5.41, 5.74) is 3.90. The fourth-order valence-corrected chi connectivity index (χ4v) is 4.78. The second kappa shape index (κ2) is 9.02. The fraction of sp³-hybridized carbons (Fsp3) is 0.385. The zero-order valence-corrected chi connectivity index (χ0v) is 19.6. The molecule has 1 aromatic carbocycles. The van der Waals surface area contributed by atoms with E-state index in [1.165, 1.54) is 0 Å². The molecule has 176 valence electrons. The number of carbonyl (C=O) groups is 2. The van der Waals surface area contributed by atoms with Gasteiger partial charge in [0.15, 0.2) is 0 Å². The Hall–Kier alpha value is -3.52. The highest BCUT2D eigenvalue weighted by Crippen LogP contribution is 2.33. The van der Waals surface area contributed by atoms with Crippen LogP contribution < -0.4 is 4.90 Å². The van der Waals surface area contributed by atoms with Crippen molar-refractivity contribution in [1.82, 2.24) is 19.7 Å². The molecule has 2 saturated heterocycles. The maximum atomic E-state index is 13.2. The van der Waals surface area contributed by atoms with Gasteiger partial charge >= 0.3 is 0 Å². The number of morpholine rings is 1. The van der Waals surface area contributed by atoms with Crippen LogP contribution in [0.4, 0.5) is 5.69 Å². The number of rotatable bonds is 3. The summed E-state index contributed by atoms with van der Waals surface area (Å²) in [5, 5.41) is 4.17. The molecule has 4 heterocycles. The molecule has 2 aliphatic heterocycles. The van der Waals surface area contributed by atoms with E-state index < -0.39 is 5.60 Å². The van der Waals surface area contributed by atoms with E-state index in [4.69, 9.17) is 4.74 Å². The van der Waals surface area contributed by atoms with Gasteiger partial charge in [0.25, 0.3) is 11.8 Å². The van der Waals surface area contributed by atoms with Crippen LogP contribution in [0.5, 0.6) is 0 Å². The first-order valence-electron chi connectivity index (χ1n) is 11.7. The number of ether oxygens (including phenoxy) is 1. The number of benzene rings is 1. The Kier molecular flexibility index (Phi) is 5.91. The molecule has 0 radical (unpaired) electrons. The Morgan fingerprint density at radius 1 is 1.06 bits per heavy atom. The van der Waals surface area contributed by atoms with Crippen LogP contribution in [0.25, 0.3) is 11.3 Å². The van der Waals surface area contributed by atoms with Gasteiger partial charge < -0.3 is 14.5 Å². The largest absolute Gasteiger partial charge is 0.363 e. The van der Waals surface area contributed by atoms with Gasteiger partial charge in [-0.25, -0.2) is 0 Å². The maximum Gasteiger partial charge on any atom is 0.255 e. The molecule has 0 unspecified atom stereocenters. The van der Waals surface area contributed by atoms with Crippen molar-refractivity contribution in [3.8, 4) is 11.3 Å². The normalized spacial score (nSPS) is 21.1. The lowest BCUT2D eigenvalue weighted by Crippen LogP contribution is -2.55. The van der Waals surface area contributed by atoms with Crippen LogP contribution in [-0.4, -0.2) is 63.3 Å². The van der Waals surface area contributed by atoms with Crippen molar-refractivity contribution in [3.05, 3.63) is 66.1 Å². The number of aryl methyl sites for hydroxylation is 2. The fourth-order valence-electron chi connectivity index (χ4n) is 4.78. The molecule has 0 saturated carbocycles. The predicted octanol–water partition coefficient (Wildman–Crippen LogP) is 3.22. The molecule has 8 heteroatoms. The van der Waals surface area contributed by atoms with Gasteiger partial charge in [0.2, 0.25) is 0 Å². The number of likely N-dealkylation sites (tertiary alicyclic amines) is 1. The lowest BCUT2D eigenvalue weighted by Gasteiger charge is -2.42. The minimum atomic E-state index is -0.434. The maximum absolute atomic E-state index is 13.2. The summed E-state index contributed by atoms with van der Waals surface area (Å²) in [6.07, 6.45) is 7.61. The van der Waals surface area contributed by atoms with Crippen molar-refractivity contribution < 1.29 is 14.3 Å². The first kappa shape index (κ1) is 22.3. The first-order chi connectivity index (χ1) is 16.4. The lowest BCUT2D eigenvalue weighted by atomic mass is 9.92. The van der Waals surface area contributed by atoms with Gasteiger partial charge in [-0.05, 0) is 50.5 Å². The molecular formula is C26H29N5O3. The number of amides is 2. The summed E-state index contributed by atoms with van der Waals surface area (Å²) in [5.74, 6) is -0.0454. The summed E-state index contributed by atoms with van der Waals surface area (Å²) in [4.78, 5) is 34.0. The van der Waals surface area contributed by atoms with Crippen molar-refractivity contribution in [2.45, 2.75) is 31.8 Å². The SMILES string of the molecule is Cc1ccc(N2C[C@]3(CCCN(C(=O)c4ccc(-c5cnn(C)c5)nc4)CC3)OCC2=O)cc1. The molecule has 8 nitrogen and oxygen atoms in total. The highest BCUT2D eigenvalue weighted by Gasteiger charge is 2.42. The third-order valence-electron chi connectivity index (χ3n) is 6.79. The van der Waals surface area contributed by atoms with E-state index in [9.17, 15) is 9.59 Å². The van der Waals surface area contributed by atoms with E-state index in [1.54, 1.807) is 17.1 Å². The van der Waals surface area contributed by atoms with Crippen molar-refractivity contribution in [2.24, 2.45) is 7.05 Å². The third-order valence-corrected chi connectivity index (χ3v) is 6.79. The van der Waals surface area contributed by atoms with E-state index in [1.807, 2.05) is 66.4 Å². The number of pyridine rings is 1. The van der Waals surface area contributed by atoms with E-state index >= 15 is 0 Å². The molecule has 2 amide bonds. The molecule has 2 aliphatic rings. The van der Waals surface area contributed by atoms with E-state index in [-0.39, 0.29) is 18.4 Å². The van der Waals surface area contributed by atoms with E-state index in [0.717, 1.165) is 35.3 Å². The number of aromatic nitrogens is 3. The predicted molar refractivity (Wildman–Crippen MR) is 128 cm³/mol. The highest BCUT2D eigenvalue weighted by atomic mass is 16.5. The van der Waals surface area contributed by atoms with Crippen LogP contribution >= 0.6 is 0 Å². The van der Waals surface area contributed by atoms with Gasteiger partial charge in [-0.3, -0.25) is 19.3 Å². The average Bonchev–Trinajstić information content (AvgIpc) is 3.18. The first-order valence-corrected chi connectivity index (χ1v) is 11.7. The summed E-state index contributed by atoms with van der Waals surface area (Å²) >= 11 is 0. The molecule has 0 aliphatic carbocycles. The summed E-state index contributed by atoms with van der Waals surface area (Å²) in [6, 6.07) is 11.7. The van der Waals surface area contributed by atoms with Crippen LogP contribution in [0.15, 0.2) is 55.0 Å². The zero-order chi connectivity index (χ0) is 23.7. The molecule has 1 atom stereocenters. The van der Waals surface area contributed by atoms with Crippen molar-refractivity contribution in [1.29, 1.82) is 0 Å². The van der Waals surface area contributed by atoms with Gasteiger partial charge in [0, 0.05) is 43.8 Å². The minimum Gasteiger partial charge on any atom is -0.363 e.